The highest BCUT2D eigenvalue weighted by molar-refractivity contribution is 5.91. The number of carbonyl (C=O) groups excluding carboxylic acids is 1. The first kappa shape index (κ1) is 23.4. The Morgan fingerprint density at radius 2 is 2.11 bits per heavy atom. The first-order chi connectivity index (χ1) is 16.8. The van der Waals surface area contributed by atoms with Crippen LogP contribution in [-0.4, -0.2) is 75.0 Å². The molecule has 0 bridgehead atoms. The summed E-state index contributed by atoms with van der Waals surface area (Å²) >= 11 is 0. The van der Waals surface area contributed by atoms with Gasteiger partial charge in [-0.1, -0.05) is 13.0 Å². The first-order valence-corrected chi connectivity index (χ1v) is 12.4. The van der Waals surface area contributed by atoms with E-state index < -0.39 is 5.54 Å². The molecule has 5 rings (SSSR count). The molecule has 3 unspecified atom stereocenters. The molecule has 2 fully saturated rings. The maximum absolute atomic E-state index is 13.9. The number of anilines is 1. The van der Waals surface area contributed by atoms with Gasteiger partial charge in [0.1, 0.15) is 5.54 Å². The van der Waals surface area contributed by atoms with Crippen LogP contribution < -0.4 is 11.0 Å². The highest BCUT2D eigenvalue weighted by Crippen LogP contribution is 2.38. The SMILES string of the molecule is C=CC(=O)N(C)C1CCC(n2cc(NC3(C)CN(C)N=C3OC)c3ncc(C4CCC4)n3c2=O)C1. The third-order valence-electron chi connectivity index (χ3n) is 7.96. The molecule has 0 spiro atoms. The van der Waals surface area contributed by atoms with E-state index in [1.807, 2.05) is 43.0 Å². The number of nitrogens with one attached hydrogen (secondary N) is 1. The van der Waals surface area contributed by atoms with Crippen LogP contribution in [0.4, 0.5) is 5.69 Å². The second-order valence-electron chi connectivity index (χ2n) is 10.4. The monoisotopic (exact) mass is 481 g/mol. The number of aromatic nitrogens is 3. The highest BCUT2D eigenvalue weighted by Gasteiger charge is 2.40. The lowest BCUT2D eigenvalue weighted by Crippen LogP contribution is -2.46. The summed E-state index contributed by atoms with van der Waals surface area (Å²) in [6.07, 6.45) is 10.8. The van der Waals surface area contributed by atoms with Crippen molar-refractivity contribution < 1.29 is 9.53 Å². The number of imidazole rings is 1. The molecule has 2 saturated carbocycles. The highest BCUT2D eigenvalue weighted by atomic mass is 16.5. The number of carbonyl (C=O) groups is 1. The van der Waals surface area contributed by atoms with Gasteiger partial charge in [-0.15, -0.1) is 5.10 Å². The third kappa shape index (κ3) is 3.88. The number of likely N-dealkylation sites (N-methyl/N-ethyl adjacent to an activating group) is 2. The van der Waals surface area contributed by atoms with Crippen molar-refractivity contribution in [2.45, 2.75) is 69.0 Å². The molecule has 35 heavy (non-hydrogen) atoms. The lowest BCUT2D eigenvalue weighted by Gasteiger charge is -2.29. The summed E-state index contributed by atoms with van der Waals surface area (Å²) in [6, 6.07) is 0.0652. The van der Waals surface area contributed by atoms with Crippen LogP contribution >= 0.6 is 0 Å². The molecule has 3 aliphatic rings. The summed E-state index contributed by atoms with van der Waals surface area (Å²) in [5, 5.41) is 9.95. The van der Waals surface area contributed by atoms with Gasteiger partial charge in [-0.05, 0) is 45.1 Å². The van der Waals surface area contributed by atoms with Gasteiger partial charge in [0.2, 0.25) is 11.8 Å². The Morgan fingerprint density at radius 1 is 1.34 bits per heavy atom. The van der Waals surface area contributed by atoms with Crippen molar-refractivity contribution >= 4 is 23.1 Å². The molecular weight excluding hydrogens is 446 g/mol. The molecule has 3 heterocycles. The molecule has 10 heteroatoms. The zero-order valence-electron chi connectivity index (χ0n) is 21.0. The molecule has 0 saturated heterocycles. The van der Waals surface area contributed by atoms with Gasteiger partial charge in [-0.3, -0.25) is 14.4 Å². The fourth-order valence-electron chi connectivity index (χ4n) is 5.81. The van der Waals surface area contributed by atoms with Crippen LogP contribution in [0.3, 0.4) is 0 Å². The van der Waals surface area contributed by atoms with Crippen LogP contribution in [0.1, 0.15) is 63.1 Å². The minimum Gasteiger partial charge on any atom is -0.481 e. The van der Waals surface area contributed by atoms with Crippen LogP contribution in [0.25, 0.3) is 5.65 Å². The van der Waals surface area contributed by atoms with Crippen molar-refractivity contribution in [3.05, 3.63) is 41.2 Å². The molecule has 3 atom stereocenters. The van der Waals surface area contributed by atoms with Gasteiger partial charge < -0.3 is 15.0 Å². The minimum absolute atomic E-state index is 0.0104. The van der Waals surface area contributed by atoms with E-state index in [-0.39, 0.29) is 23.7 Å². The second-order valence-corrected chi connectivity index (χ2v) is 10.4. The standard InChI is InChI=1S/C25H35N7O3/c1-6-21(33)30(4)17-10-11-18(12-17)31-14-19(27-25(2)15-29(3)28-23(25)35-5)22-26-13-20(16-8-7-9-16)32(22)24(31)34/h6,13-14,16-18,27H,1,7-12,15H2,2-5H3. The van der Waals surface area contributed by atoms with Gasteiger partial charge in [-0.25, -0.2) is 14.2 Å². The van der Waals surface area contributed by atoms with Gasteiger partial charge in [0.25, 0.3) is 0 Å². The summed E-state index contributed by atoms with van der Waals surface area (Å²) in [4.78, 5) is 32.5. The molecule has 2 aromatic rings. The predicted molar refractivity (Wildman–Crippen MR) is 135 cm³/mol. The van der Waals surface area contributed by atoms with E-state index in [0.29, 0.717) is 24.0 Å². The van der Waals surface area contributed by atoms with E-state index in [1.165, 1.54) is 12.5 Å². The lowest BCUT2D eigenvalue weighted by molar-refractivity contribution is -0.126. The smallest absolute Gasteiger partial charge is 0.334 e. The van der Waals surface area contributed by atoms with Gasteiger partial charge in [0.15, 0.2) is 5.65 Å². The van der Waals surface area contributed by atoms with Crippen molar-refractivity contribution in [1.29, 1.82) is 0 Å². The Hall–Kier alpha value is -3.30. The zero-order valence-corrected chi connectivity index (χ0v) is 21.0. The summed E-state index contributed by atoms with van der Waals surface area (Å²) in [7, 11) is 5.34. The molecular formula is C25H35N7O3. The van der Waals surface area contributed by atoms with Crippen LogP contribution in [-0.2, 0) is 9.53 Å². The van der Waals surface area contributed by atoms with Gasteiger partial charge in [0.05, 0.1) is 25.0 Å². The van der Waals surface area contributed by atoms with Gasteiger partial charge >= 0.3 is 5.69 Å². The van der Waals surface area contributed by atoms with Gasteiger partial charge in [-0.2, -0.15) is 0 Å². The topological polar surface area (TPSA) is 96.5 Å². The van der Waals surface area contributed by atoms with Crippen LogP contribution in [0.2, 0.25) is 0 Å². The first-order valence-electron chi connectivity index (χ1n) is 12.4. The van der Waals surface area contributed by atoms with Crippen LogP contribution in [0.15, 0.2) is 34.9 Å². The fourth-order valence-corrected chi connectivity index (χ4v) is 5.81. The molecule has 1 N–H and O–H groups in total. The molecule has 2 aliphatic carbocycles. The lowest BCUT2D eigenvalue weighted by atomic mass is 9.83. The van der Waals surface area contributed by atoms with Crippen LogP contribution in [0.5, 0.6) is 0 Å². The van der Waals surface area contributed by atoms with E-state index in [2.05, 4.69) is 17.0 Å². The number of rotatable bonds is 6. The predicted octanol–water partition coefficient (Wildman–Crippen LogP) is 2.58. The molecule has 10 nitrogen and oxygen atoms in total. The average molecular weight is 482 g/mol. The number of hydrogen-bond acceptors (Lipinski definition) is 7. The quantitative estimate of drug-likeness (QED) is 0.637. The summed E-state index contributed by atoms with van der Waals surface area (Å²) in [6.45, 7) is 6.28. The Balaban J connectivity index is 1.56. The number of hydrogen-bond donors (Lipinski definition) is 1. The molecule has 2 aromatic heterocycles. The molecule has 1 aliphatic heterocycles. The van der Waals surface area contributed by atoms with Crippen molar-refractivity contribution in [3.63, 3.8) is 0 Å². The molecule has 188 valence electrons. The van der Waals surface area contributed by atoms with Crippen molar-refractivity contribution in [2.75, 3.05) is 33.1 Å². The fraction of sp³-hybridized carbons (Fsp3) is 0.600. The van der Waals surface area contributed by atoms with E-state index in [4.69, 9.17) is 9.72 Å². The maximum Gasteiger partial charge on any atom is 0.334 e. The minimum atomic E-state index is -0.566. The summed E-state index contributed by atoms with van der Waals surface area (Å²) < 4.78 is 9.22. The van der Waals surface area contributed by atoms with Crippen molar-refractivity contribution in [1.82, 2.24) is 23.9 Å². The Bertz CT molecular complexity index is 1240. The molecule has 0 radical (unpaired) electrons. The number of amides is 1. The Morgan fingerprint density at radius 3 is 2.77 bits per heavy atom. The van der Waals surface area contributed by atoms with Crippen molar-refractivity contribution in [3.8, 4) is 0 Å². The van der Waals surface area contributed by atoms with E-state index in [1.54, 1.807) is 16.4 Å². The number of hydrazone groups is 1. The Kier molecular flexibility index (Phi) is 5.85. The van der Waals surface area contributed by atoms with E-state index in [9.17, 15) is 9.59 Å². The molecule has 1 amide bonds. The third-order valence-corrected chi connectivity index (χ3v) is 7.96. The number of fused-ring (bicyclic) bond motifs is 1. The number of ether oxygens (including phenoxy) is 1. The molecule has 0 aromatic carbocycles. The van der Waals surface area contributed by atoms with E-state index in [0.717, 1.165) is 43.5 Å². The van der Waals surface area contributed by atoms with Crippen molar-refractivity contribution in [2.24, 2.45) is 5.10 Å². The zero-order chi connectivity index (χ0) is 24.9. The largest absolute Gasteiger partial charge is 0.481 e. The van der Waals surface area contributed by atoms with Gasteiger partial charge in [0, 0.05) is 44.5 Å². The van der Waals surface area contributed by atoms with Crippen LogP contribution in [0, 0.1) is 0 Å². The maximum atomic E-state index is 13.9. The summed E-state index contributed by atoms with van der Waals surface area (Å²) in [5.74, 6) is 0.859. The number of nitrogens with zero attached hydrogens (tertiary/aromatic N) is 6. The Labute approximate surface area is 205 Å². The second kappa shape index (κ2) is 8.73. The van der Waals surface area contributed by atoms with E-state index >= 15 is 0 Å². The average Bonchev–Trinajstić information content (AvgIpc) is 3.51. The normalized spacial score (nSPS) is 26.5. The summed E-state index contributed by atoms with van der Waals surface area (Å²) in [5.41, 5.74) is 1.76. The number of methoxy groups -OCH3 is 1.